The van der Waals surface area contributed by atoms with Gasteiger partial charge < -0.3 is 10.2 Å². The molecule has 0 amide bonds. The summed E-state index contributed by atoms with van der Waals surface area (Å²) in [6.45, 7) is 13.8. The van der Waals surface area contributed by atoms with Crippen LogP contribution in [0.3, 0.4) is 0 Å². The second-order valence-corrected chi connectivity index (χ2v) is 12.7. The minimum atomic E-state index is -0.581. The van der Waals surface area contributed by atoms with Crippen LogP contribution in [0.25, 0.3) is 0 Å². The van der Waals surface area contributed by atoms with E-state index in [4.69, 9.17) is 0 Å². The van der Waals surface area contributed by atoms with Crippen molar-refractivity contribution in [1.82, 2.24) is 0 Å². The summed E-state index contributed by atoms with van der Waals surface area (Å²) in [6, 6.07) is 0. The van der Waals surface area contributed by atoms with Gasteiger partial charge in [-0.1, -0.05) is 53.7 Å². The standard InChI is InChI=1S/C28H46O3/c1-17(2)18(3)7-8-19(4)22-9-10-23-25(31)28(14-13-26(22,23)5)24(30)16-20-15-21(29)11-12-27(20,28)6/h7-8,17-24,29-30H,9-16H2,1-6H3/b8-7+/t18-,19+,20+,21-,22+,23-,24-,26+,27-,28+/m0/s1. The molecule has 0 aromatic heterocycles. The summed E-state index contributed by atoms with van der Waals surface area (Å²) in [5, 5.41) is 21.6. The van der Waals surface area contributed by atoms with Gasteiger partial charge in [0.15, 0.2) is 0 Å². The Balaban J connectivity index is 1.58. The van der Waals surface area contributed by atoms with Crippen LogP contribution in [0.5, 0.6) is 0 Å². The molecule has 4 saturated carbocycles. The Morgan fingerprint density at radius 3 is 2.32 bits per heavy atom. The van der Waals surface area contributed by atoms with Gasteiger partial charge in [0.25, 0.3) is 0 Å². The zero-order valence-electron chi connectivity index (χ0n) is 20.7. The Morgan fingerprint density at radius 2 is 1.65 bits per heavy atom. The molecule has 0 unspecified atom stereocenters. The lowest BCUT2D eigenvalue weighted by atomic mass is 9.47. The summed E-state index contributed by atoms with van der Waals surface area (Å²) < 4.78 is 0. The van der Waals surface area contributed by atoms with E-state index in [9.17, 15) is 15.0 Å². The van der Waals surface area contributed by atoms with Gasteiger partial charge in [-0.2, -0.15) is 0 Å². The Bertz CT molecular complexity index is 728. The molecule has 0 saturated heterocycles. The topological polar surface area (TPSA) is 57.5 Å². The number of rotatable bonds is 4. The van der Waals surface area contributed by atoms with E-state index in [0.29, 0.717) is 35.9 Å². The van der Waals surface area contributed by atoms with E-state index in [-0.39, 0.29) is 28.8 Å². The highest BCUT2D eigenvalue weighted by atomic mass is 16.3. The zero-order chi connectivity index (χ0) is 22.8. The smallest absolute Gasteiger partial charge is 0.145 e. The number of aliphatic hydroxyl groups is 2. The third kappa shape index (κ3) is 3.31. The molecule has 10 atom stereocenters. The van der Waals surface area contributed by atoms with Gasteiger partial charge in [-0.25, -0.2) is 0 Å². The molecule has 4 fully saturated rings. The van der Waals surface area contributed by atoms with Crippen molar-refractivity contribution in [3.05, 3.63) is 12.2 Å². The monoisotopic (exact) mass is 430 g/mol. The third-order valence-electron chi connectivity index (χ3n) is 11.2. The minimum absolute atomic E-state index is 0.0511. The number of allylic oxidation sites excluding steroid dienone is 2. The lowest BCUT2D eigenvalue weighted by molar-refractivity contribution is -0.167. The van der Waals surface area contributed by atoms with Gasteiger partial charge in [-0.05, 0) is 91.8 Å². The van der Waals surface area contributed by atoms with Crippen molar-refractivity contribution in [2.75, 3.05) is 0 Å². The number of carbonyl (C=O) groups excluding carboxylic acids is 1. The number of fused-ring (bicyclic) bond motifs is 3. The van der Waals surface area contributed by atoms with Gasteiger partial charge in [-0.3, -0.25) is 4.79 Å². The molecule has 4 aliphatic rings. The Labute approximate surface area is 190 Å². The van der Waals surface area contributed by atoms with Crippen molar-refractivity contribution in [2.24, 2.45) is 51.8 Å². The molecule has 0 aromatic carbocycles. The Morgan fingerprint density at radius 1 is 0.935 bits per heavy atom. The van der Waals surface area contributed by atoms with Crippen LogP contribution in [0.1, 0.15) is 92.9 Å². The van der Waals surface area contributed by atoms with Crippen LogP contribution in [0.2, 0.25) is 0 Å². The van der Waals surface area contributed by atoms with E-state index in [1.807, 2.05) is 0 Å². The van der Waals surface area contributed by atoms with Crippen LogP contribution < -0.4 is 0 Å². The molecule has 0 bridgehead atoms. The van der Waals surface area contributed by atoms with E-state index in [2.05, 4.69) is 53.7 Å². The van der Waals surface area contributed by atoms with Gasteiger partial charge in [0.2, 0.25) is 0 Å². The third-order valence-corrected chi connectivity index (χ3v) is 11.2. The first kappa shape index (κ1) is 23.5. The van der Waals surface area contributed by atoms with Gasteiger partial charge in [-0.15, -0.1) is 0 Å². The molecule has 4 rings (SSSR count). The maximum absolute atomic E-state index is 14.3. The number of Topliss-reactive ketones (excluding diaryl/α,β-unsaturated/α-hetero) is 1. The second kappa shape index (κ2) is 7.97. The highest BCUT2D eigenvalue weighted by molar-refractivity contribution is 5.91. The van der Waals surface area contributed by atoms with E-state index in [0.717, 1.165) is 44.9 Å². The molecule has 3 nitrogen and oxygen atoms in total. The zero-order valence-corrected chi connectivity index (χ0v) is 20.7. The summed E-state index contributed by atoms with van der Waals surface area (Å²) >= 11 is 0. The first-order chi connectivity index (χ1) is 14.5. The second-order valence-electron chi connectivity index (χ2n) is 12.7. The normalized spacial score (nSPS) is 49.6. The minimum Gasteiger partial charge on any atom is -0.393 e. The number of hydrogen-bond acceptors (Lipinski definition) is 3. The molecule has 1 spiro atoms. The summed E-state index contributed by atoms with van der Waals surface area (Å²) in [6.07, 6.45) is 11.1. The van der Waals surface area contributed by atoms with Crippen LogP contribution in [-0.2, 0) is 4.79 Å². The summed E-state index contributed by atoms with van der Waals surface area (Å²) in [4.78, 5) is 14.3. The van der Waals surface area contributed by atoms with Crippen molar-refractivity contribution in [3.63, 3.8) is 0 Å². The predicted molar refractivity (Wildman–Crippen MR) is 125 cm³/mol. The van der Waals surface area contributed by atoms with Crippen molar-refractivity contribution < 1.29 is 15.0 Å². The average Bonchev–Trinajstić information content (AvgIpc) is 3.16. The Kier molecular flexibility index (Phi) is 6.04. The molecular formula is C28H46O3. The summed E-state index contributed by atoms with van der Waals surface area (Å²) in [5.74, 6) is 3.00. The highest BCUT2D eigenvalue weighted by Crippen LogP contribution is 2.70. The van der Waals surface area contributed by atoms with E-state index in [1.165, 1.54) is 0 Å². The molecule has 31 heavy (non-hydrogen) atoms. The predicted octanol–water partition coefficient (Wildman–Crippen LogP) is 5.78. The van der Waals surface area contributed by atoms with Gasteiger partial charge in [0.05, 0.1) is 17.6 Å². The van der Waals surface area contributed by atoms with Crippen LogP contribution in [-0.4, -0.2) is 28.2 Å². The molecular weight excluding hydrogens is 384 g/mol. The van der Waals surface area contributed by atoms with E-state index >= 15 is 0 Å². The largest absolute Gasteiger partial charge is 0.393 e. The van der Waals surface area contributed by atoms with Crippen LogP contribution >= 0.6 is 0 Å². The van der Waals surface area contributed by atoms with E-state index < -0.39 is 11.5 Å². The molecule has 0 heterocycles. The quantitative estimate of drug-likeness (QED) is 0.556. The number of aliphatic hydroxyl groups excluding tert-OH is 2. The van der Waals surface area contributed by atoms with Gasteiger partial charge in [0, 0.05) is 5.92 Å². The fraction of sp³-hybridized carbons (Fsp3) is 0.893. The highest BCUT2D eigenvalue weighted by Gasteiger charge is 2.71. The molecule has 0 radical (unpaired) electrons. The molecule has 0 aromatic rings. The first-order valence-corrected chi connectivity index (χ1v) is 13.1. The molecule has 2 N–H and O–H groups in total. The molecule has 176 valence electrons. The SMILES string of the molecule is CC(C)[C@@H](C)/C=C/[C@@H](C)[C@H]1CC[C@H]2C(=O)[C@@]3(CC[C@]12C)[C@@H](O)C[C@H]1C[C@@H](O)CC[C@@]13C. The van der Waals surface area contributed by atoms with Crippen molar-refractivity contribution in [3.8, 4) is 0 Å². The summed E-state index contributed by atoms with van der Waals surface area (Å²) in [5.41, 5.74) is -0.683. The van der Waals surface area contributed by atoms with Crippen molar-refractivity contribution in [1.29, 1.82) is 0 Å². The number of hydrogen-bond donors (Lipinski definition) is 2. The number of ketones is 1. The first-order valence-electron chi connectivity index (χ1n) is 13.1. The van der Waals surface area contributed by atoms with Gasteiger partial charge in [0.1, 0.15) is 5.78 Å². The van der Waals surface area contributed by atoms with E-state index in [1.54, 1.807) is 0 Å². The molecule has 3 heteroatoms. The van der Waals surface area contributed by atoms with Crippen molar-refractivity contribution >= 4 is 5.78 Å². The van der Waals surface area contributed by atoms with Gasteiger partial charge >= 0.3 is 0 Å². The van der Waals surface area contributed by atoms with Crippen LogP contribution in [0.4, 0.5) is 0 Å². The summed E-state index contributed by atoms with van der Waals surface area (Å²) in [7, 11) is 0. The lowest BCUT2D eigenvalue weighted by Gasteiger charge is -2.56. The van der Waals surface area contributed by atoms with Crippen LogP contribution in [0, 0.1) is 51.8 Å². The average molecular weight is 431 g/mol. The molecule has 0 aliphatic heterocycles. The maximum atomic E-state index is 14.3. The molecule has 4 aliphatic carbocycles. The Hall–Kier alpha value is -0.670. The fourth-order valence-electron chi connectivity index (χ4n) is 8.59. The number of carbonyl (C=O) groups is 1. The lowest BCUT2D eigenvalue weighted by Crippen LogP contribution is -2.59. The fourth-order valence-corrected chi connectivity index (χ4v) is 8.59. The van der Waals surface area contributed by atoms with Crippen LogP contribution in [0.15, 0.2) is 12.2 Å². The van der Waals surface area contributed by atoms with Crippen molar-refractivity contribution in [2.45, 2.75) is 105 Å². The maximum Gasteiger partial charge on any atom is 0.145 e.